The van der Waals surface area contributed by atoms with Crippen LogP contribution in [0.3, 0.4) is 0 Å². The molecule has 2 saturated heterocycles. The van der Waals surface area contributed by atoms with Crippen molar-refractivity contribution in [3.05, 3.63) is 17.5 Å². The molecule has 2 fully saturated rings. The van der Waals surface area contributed by atoms with Crippen LogP contribution < -0.4 is 5.32 Å². The van der Waals surface area contributed by atoms with Crippen molar-refractivity contribution in [3.8, 4) is 0 Å². The van der Waals surface area contributed by atoms with Gasteiger partial charge in [-0.15, -0.1) is 12.4 Å². The summed E-state index contributed by atoms with van der Waals surface area (Å²) in [6, 6.07) is 0. The lowest BCUT2D eigenvalue weighted by Gasteiger charge is -2.33. The number of carbonyl (C=O) groups excluding carboxylic acids is 1. The van der Waals surface area contributed by atoms with E-state index in [-0.39, 0.29) is 18.3 Å². The zero-order valence-corrected chi connectivity index (χ0v) is 13.0. The molecule has 0 aliphatic carbocycles. The molecule has 3 heterocycles. The van der Waals surface area contributed by atoms with E-state index in [9.17, 15) is 4.79 Å². The minimum absolute atomic E-state index is 0. The number of likely N-dealkylation sites (tertiary alicyclic amines) is 1. The first kappa shape index (κ1) is 15.3. The lowest BCUT2D eigenvalue weighted by molar-refractivity contribution is 0.0761. The zero-order valence-electron chi connectivity index (χ0n) is 12.2. The van der Waals surface area contributed by atoms with Crippen LogP contribution in [0.15, 0.2) is 6.20 Å². The van der Waals surface area contributed by atoms with E-state index in [2.05, 4.69) is 10.4 Å². The molecule has 2 aliphatic heterocycles. The molecule has 0 radical (unpaired) electrons. The normalized spacial score (nSPS) is 21.0. The van der Waals surface area contributed by atoms with E-state index in [0.29, 0.717) is 5.41 Å². The minimum Gasteiger partial charge on any atom is -0.338 e. The Kier molecular flexibility index (Phi) is 4.39. The van der Waals surface area contributed by atoms with Gasteiger partial charge in [-0.1, -0.05) is 0 Å². The van der Waals surface area contributed by atoms with Crippen LogP contribution in [0.1, 0.15) is 35.3 Å². The number of aryl methyl sites for hydroxylation is 1. The Bertz CT molecular complexity index is 493. The number of amides is 1. The molecule has 2 aliphatic rings. The quantitative estimate of drug-likeness (QED) is 0.852. The molecule has 3 rings (SSSR count). The van der Waals surface area contributed by atoms with Gasteiger partial charge in [0.2, 0.25) is 0 Å². The first-order valence-electron chi connectivity index (χ1n) is 7.10. The number of halogens is 1. The van der Waals surface area contributed by atoms with Gasteiger partial charge >= 0.3 is 0 Å². The van der Waals surface area contributed by atoms with Gasteiger partial charge in [0.25, 0.3) is 5.91 Å². The lowest BCUT2D eigenvalue weighted by atomic mass is 9.78. The second-order valence-electron chi connectivity index (χ2n) is 5.99. The number of aromatic nitrogens is 2. The highest BCUT2D eigenvalue weighted by Gasteiger charge is 2.41. The predicted octanol–water partition coefficient (Wildman–Crippen LogP) is 1.37. The van der Waals surface area contributed by atoms with Gasteiger partial charge in [-0.25, -0.2) is 0 Å². The minimum atomic E-state index is 0. The summed E-state index contributed by atoms with van der Waals surface area (Å²) in [6.45, 7) is 5.95. The molecule has 0 aromatic carbocycles. The van der Waals surface area contributed by atoms with Crippen LogP contribution in [-0.4, -0.2) is 46.8 Å². The molecule has 5 nitrogen and oxygen atoms in total. The molecule has 0 atom stereocenters. The number of hydrogen-bond donors (Lipinski definition) is 1. The smallest absolute Gasteiger partial charge is 0.257 e. The Morgan fingerprint density at radius 1 is 1.35 bits per heavy atom. The fourth-order valence-electron chi connectivity index (χ4n) is 3.35. The Balaban J connectivity index is 0.00000147. The van der Waals surface area contributed by atoms with Gasteiger partial charge in [-0.2, -0.15) is 5.10 Å². The third-order valence-electron chi connectivity index (χ3n) is 4.86. The summed E-state index contributed by atoms with van der Waals surface area (Å²) in [6.07, 6.45) is 5.25. The summed E-state index contributed by atoms with van der Waals surface area (Å²) in [5, 5.41) is 7.58. The van der Waals surface area contributed by atoms with E-state index in [1.807, 2.05) is 18.9 Å². The van der Waals surface area contributed by atoms with Crippen molar-refractivity contribution in [2.75, 3.05) is 26.2 Å². The monoisotopic (exact) mass is 298 g/mol. The number of carbonyl (C=O) groups is 1. The summed E-state index contributed by atoms with van der Waals surface area (Å²) in [7, 11) is 1.88. The van der Waals surface area contributed by atoms with Crippen molar-refractivity contribution in [1.29, 1.82) is 0 Å². The van der Waals surface area contributed by atoms with Gasteiger partial charge in [0.15, 0.2) is 0 Å². The summed E-state index contributed by atoms with van der Waals surface area (Å²) >= 11 is 0. The van der Waals surface area contributed by atoms with E-state index < -0.39 is 0 Å². The van der Waals surface area contributed by atoms with Gasteiger partial charge in [0.05, 0.1) is 11.8 Å². The zero-order chi connectivity index (χ0) is 13.5. The molecule has 1 aromatic heterocycles. The van der Waals surface area contributed by atoms with E-state index in [4.69, 9.17) is 0 Å². The highest BCUT2D eigenvalue weighted by atomic mass is 35.5. The number of rotatable bonds is 1. The SMILES string of the molecule is Cc1c(C(=O)N2CCC3(CCNCC3)C2)cnn1C.Cl. The van der Waals surface area contributed by atoms with Crippen molar-refractivity contribution >= 4 is 18.3 Å². The maximum absolute atomic E-state index is 12.6. The third-order valence-corrected chi connectivity index (χ3v) is 4.86. The Labute approximate surface area is 126 Å². The van der Waals surface area contributed by atoms with Crippen LogP contribution >= 0.6 is 12.4 Å². The lowest BCUT2D eigenvalue weighted by Crippen LogP contribution is -2.39. The van der Waals surface area contributed by atoms with Crippen molar-refractivity contribution in [3.63, 3.8) is 0 Å². The van der Waals surface area contributed by atoms with Crippen LogP contribution in [0.5, 0.6) is 0 Å². The molecule has 0 bridgehead atoms. The van der Waals surface area contributed by atoms with Crippen molar-refractivity contribution in [1.82, 2.24) is 20.0 Å². The number of piperidine rings is 1. The van der Waals surface area contributed by atoms with Crippen molar-refractivity contribution < 1.29 is 4.79 Å². The van der Waals surface area contributed by atoms with Crippen molar-refractivity contribution in [2.45, 2.75) is 26.2 Å². The second-order valence-corrected chi connectivity index (χ2v) is 5.99. The average molecular weight is 299 g/mol. The first-order chi connectivity index (χ1) is 9.11. The van der Waals surface area contributed by atoms with Crippen LogP contribution in [0, 0.1) is 12.3 Å². The summed E-state index contributed by atoms with van der Waals surface area (Å²) < 4.78 is 1.77. The maximum Gasteiger partial charge on any atom is 0.257 e. The van der Waals surface area contributed by atoms with E-state index >= 15 is 0 Å². The molecule has 0 saturated carbocycles. The summed E-state index contributed by atoms with van der Waals surface area (Å²) in [4.78, 5) is 14.6. The molecular weight excluding hydrogens is 276 g/mol. The Morgan fingerprint density at radius 2 is 2.05 bits per heavy atom. The fourth-order valence-corrected chi connectivity index (χ4v) is 3.35. The van der Waals surface area contributed by atoms with Crippen molar-refractivity contribution in [2.24, 2.45) is 12.5 Å². The molecule has 1 N–H and O–H groups in total. The first-order valence-corrected chi connectivity index (χ1v) is 7.10. The van der Waals surface area contributed by atoms with Gasteiger partial charge in [0.1, 0.15) is 0 Å². The van der Waals surface area contributed by atoms with E-state index in [0.717, 1.165) is 43.9 Å². The van der Waals surface area contributed by atoms with Crippen LogP contribution in [-0.2, 0) is 7.05 Å². The Hall–Kier alpha value is -1.07. The molecule has 20 heavy (non-hydrogen) atoms. The van der Waals surface area contributed by atoms with Crippen LogP contribution in [0.25, 0.3) is 0 Å². The second kappa shape index (κ2) is 5.74. The molecule has 6 heteroatoms. The summed E-state index contributed by atoms with van der Waals surface area (Å²) in [5.74, 6) is 0.154. The molecule has 1 amide bonds. The van der Waals surface area contributed by atoms with E-state index in [1.54, 1.807) is 10.9 Å². The van der Waals surface area contributed by atoms with Gasteiger partial charge < -0.3 is 10.2 Å². The fraction of sp³-hybridized carbons (Fsp3) is 0.714. The van der Waals surface area contributed by atoms with Gasteiger partial charge in [-0.3, -0.25) is 9.48 Å². The molecule has 1 spiro atoms. The highest BCUT2D eigenvalue weighted by molar-refractivity contribution is 5.95. The topological polar surface area (TPSA) is 50.2 Å². The number of nitrogens with zero attached hydrogens (tertiary/aromatic N) is 3. The number of hydrogen-bond acceptors (Lipinski definition) is 3. The van der Waals surface area contributed by atoms with Gasteiger partial charge in [0, 0.05) is 25.8 Å². The molecule has 0 unspecified atom stereocenters. The summed E-state index contributed by atoms with van der Waals surface area (Å²) in [5.41, 5.74) is 2.08. The predicted molar refractivity (Wildman–Crippen MR) is 80.3 cm³/mol. The standard InChI is InChI=1S/C14H22N4O.ClH/c1-11-12(9-16-17(11)2)13(19)18-8-5-14(10-18)3-6-15-7-4-14;/h9,15H,3-8,10H2,1-2H3;1H. The van der Waals surface area contributed by atoms with Crippen LogP contribution in [0.4, 0.5) is 0 Å². The van der Waals surface area contributed by atoms with E-state index in [1.165, 1.54) is 12.8 Å². The van der Waals surface area contributed by atoms with Gasteiger partial charge in [-0.05, 0) is 44.7 Å². The number of nitrogens with one attached hydrogen (secondary N) is 1. The van der Waals surface area contributed by atoms with Crippen LogP contribution in [0.2, 0.25) is 0 Å². The third kappa shape index (κ3) is 2.56. The molecule has 112 valence electrons. The molecular formula is C14H23ClN4O. The largest absolute Gasteiger partial charge is 0.338 e. The maximum atomic E-state index is 12.6. The highest BCUT2D eigenvalue weighted by Crippen LogP contribution is 2.39. The molecule has 1 aromatic rings. The average Bonchev–Trinajstić information content (AvgIpc) is 2.96. The Morgan fingerprint density at radius 3 is 2.65 bits per heavy atom.